The van der Waals surface area contributed by atoms with Crippen LogP contribution in [0.5, 0.6) is 0 Å². The van der Waals surface area contributed by atoms with Crippen LogP contribution < -0.4 is 4.90 Å². The Kier molecular flexibility index (Phi) is 3.54. The number of hydrogen-bond donors (Lipinski definition) is 0. The van der Waals surface area contributed by atoms with E-state index in [4.69, 9.17) is 0 Å². The fraction of sp³-hybridized carbons (Fsp3) is 0.538. The van der Waals surface area contributed by atoms with Crippen LogP contribution in [0.4, 0.5) is 5.82 Å². The summed E-state index contributed by atoms with van der Waals surface area (Å²) in [6, 6.07) is 6.25. The molecule has 1 aliphatic rings. The Morgan fingerprint density at radius 2 is 2.25 bits per heavy atom. The third-order valence-electron chi connectivity index (χ3n) is 3.15. The largest absolute Gasteiger partial charge is 0.347 e. The van der Waals surface area contributed by atoms with Gasteiger partial charge in [0.25, 0.3) is 0 Å². The fourth-order valence-electron chi connectivity index (χ4n) is 2.17. The fourth-order valence-corrected chi connectivity index (χ4v) is 2.17. The van der Waals surface area contributed by atoms with Crippen molar-refractivity contribution in [1.82, 2.24) is 4.98 Å². The molecule has 0 radical (unpaired) electrons. The van der Waals surface area contributed by atoms with Crippen molar-refractivity contribution in [2.24, 2.45) is 0 Å². The lowest BCUT2D eigenvalue weighted by Gasteiger charge is -2.31. The summed E-state index contributed by atoms with van der Waals surface area (Å²) in [5.74, 6) is 1.25. The van der Waals surface area contributed by atoms with Gasteiger partial charge in [-0.15, -0.1) is 0 Å². The van der Waals surface area contributed by atoms with Crippen molar-refractivity contribution < 1.29 is 4.79 Å². The number of nitrogens with zero attached hydrogens (tertiary/aromatic N) is 2. The van der Waals surface area contributed by atoms with Crippen molar-refractivity contribution in [1.29, 1.82) is 0 Å². The molecule has 2 rings (SSSR count). The minimum atomic E-state index is 0.331. The molecule has 1 atom stereocenters. The zero-order chi connectivity index (χ0) is 11.4. The lowest BCUT2D eigenvalue weighted by atomic mass is 10.0. The molecule has 0 bridgehead atoms. The summed E-state index contributed by atoms with van der Waals surface area (Å²) < 4.78 is 0. The van der Waals surface area contributed by atoms with Crippen molar-refractivity contribution in [3.8, 4) is 0 Å². The predicted octanol–water partition coefficient (Wildman–Crippen LogP) is 2.42. The lowest BCUT2D eigenvalue weighted by Crippen LogP contribution is -2.39. The average Bonchev–Trinajstić information content (AvgIpc) is 2.30. The van der Waals surface area contributed by atoms with E-state index in [-0.39, 0.29) is 0 Å². The molecule has 86 valence electrons. The highest BCUT2D eigenvalue weighted by molar-refractivity contribution is 5.83. The first kappa shape index (κ1) is 11.1. The molecule has 1 fully saturated rings. The van der Waals surface area contributed by atoms with Gasteiger partial charge in [-0.05, 0) is 31.9 Å². The summed E-state index contributed by atoms with van der Waals surface area (Å²) in [5.41, 5.74) is 0. The van der Waals surface area contributed by atoms with Crippen molar-refractivity contribution in [2.45, 2.75) is 38.6 Å². The number of Topliss-reactive ketones (excluding diaryl/α,β-unsaturated/α-hetero) is 1. The van der Waals surface area contributed by atoms with Crippen molar-refractivity contribution in [3.63, 3.8) is 0 Å². The van der Waals surface area contributed by atoms with Crippen LogP contribution >= 0.6 is 0 Å². The van der Waals surface area contributed by atoms with Crippen molar-refractivity contribution in [3.05, 3.63) is 24.4 Å². The van der Waals surface area contributed by atoms with Crippen LogP contribution in [0.15, 0.2) is 24.4 Å². The van der Waals surface area contributed by atoms with Crippen LogP contribution in [0.3, 0.4) is 0 Å². The van der Waals surface area contributed by atoms with Gasteiger partial charge in [-0.25, -0.2) is 4.98 Å². The van der Waals surface area contributed by atoms with Crippen LogP contribution in [0.1, 0.15) is 32.6 Å². The molecule has 0 spiro atoms. The Labute approximate surface area is 96.5 Å². The molecule has 0 unspecified atom stereocenters. The van der Waals surface area contributed by atoms with E-state index >= 15 is 0 Å². The van der Waals surface area contributed by atoms with Crippen molar-refractivity contribution >= 4 is 11.6 Å². The monoisotopic (exact) mass is 218 g/mol. The summed E-state index contributed by atoms with van der Waals surface area (Å²) in [4.78, 5) is 18.2. The van der Waals surface area contributed by atoms with E-state index in [1.165, 1.54) is 0 Å². The highest BCUT2D eigenvalue weighted by Gasteiger charge is 2.20. The molecule has 0 aromatic carbocycles. The van der Waals surface area contributed by atoms with Crippen LogP contribution in [0.2, 0.25) is 0 Å². The van der Waals surface area contributed by atoms with E-state index in [9.17, 15) is 4.79 Å². The molecule has 2 heterocycles. The van der Waals surface area contributed by atoms with Gasteiger partial charge in [0, 0.05) is 18.7 Å². The minimum Gasteiger partial charge on any atom is -0.347 e. The van der Waals surface area contributed by atoms with E-state index < -0.39 is 0 Å². The summed E-state index contributed by atoms with van der Waals surface area (Å²) in [6.07, 6.45) is 5.82. The second-order valence-electron chi connectivity index (χ2n) is 4.45. The quantitative estimate of drug-likeness (QED) is 0.725. The van der Waals surface area contributed by atoms with Crippen LogP contribution in [0.25, 0.3) is 0 Å². The van der Waals surface area contributed by atoms with Crippen LogP contribution in [-0.2, 0) is 4.79 Å². The first-order valence-corrected chi connectivity index (χ1v) is 5.97. The minimum absolute atomic E-state index is 0.331. The number of pyridine rings is 1. The van der Waals surface area contributed by atoms with Crippen LogP contribution in [0, 0.1) is 0 Å². The standard InChI is InChI=1S/C13H18N2O/c1-11-6-2-3-7-12(16)10-15(11)13-8-4-5-9-14-13/h4-5,8-9,11H,2-3,6-7,10H2,1H3/t11-/m1/s1. The Morgan fingerprint density at radius 3 is 3.00 bits per heavy atom. The topological polar surface area (TPSA) is 33.2 Å². The summed E-state index contributed by atoms with van der Waals surface area (Å²) in [6.45, 7) is 2.69. The third-order valence-corrected chi connectivity index (χ3v) is 3.15. The van der Waals surface area contributed by atoms with Gasteiger partial charge in [0.15, 0.2) is 5.78 Å². The number of carbonyl (C=O) groups is 1. The van der Waals surface area contributed by atoms with Gasteiger partial charge in [0.1, 0.15) is 5.82 Å². The van der Waals surface area contributed by atoms with Gasteiger partial charge in [-0.2, -0.15) is 0 Å². The Bertz CT molecular complexity index is 350. The number of rotatable bonds is 1. The summed E-state index contributed by atoms with van der Waals surface area (Å²) in [5, 5.41) is 0. The first-order chi connectivity index (χ1) is 7.77. The predicted molar refractivity (Wildman–Crippen MR) is 64.5 cm³/mol. The van der Waals surface area contributed by atoms with Gasteiger partial charge in [0.2, 0.25) is 0 Å². The molecular weight excluding hydrogens is 200 g/mol. The number of carbonyl (C=O) groups excluding carboxylic acids is 1. The van der Waals surface area contributed by atoms with Gasteiger partial charge in [0.05, 0.1) is 6.54 Å². The maximum atomic E-state index is 11.7. The van der Waals surface area contributed by atoms with Gasteiger partial charge in [-0.1, -0.05) is 12.5 Å². The molecule has 1 saturated heterocycles. The molecule has 0 N–H and O–H groups in total. The van der Waals surface area contributed by atoms with Crippen molar-refractivity contribution in [2.75, 3.05) is 11.4 Å². The van der Waals surface area contributed by atoms with E-state index in [0.29, 0.717) is 18.4 Å². The molecule has 3 nitrogen and oxygen atoms in total. The molecule has 1 aromatic rings. The van der Waals surface area contributed by atoms with Gasteiger partial charge in [-0.3, -0.25) is 4.79 Å². The summed E-state index contributed by atoms with van der Waals surface area (Å²) >= 11 is 0. The van der Waals surface area contributed by atoms with E-state index in [1.54, 1.807) is 6.20 Å². The maximum absolute atomic E-state index is 11.7. The molecule has 1 aromatic heterocycles. The molecule has 0 saturated carbocycles. The Hall–Kier alpha value is -1.38. The van der Waals surface area contributed by atoms with E-state index in [0.717, 1.165) is 31.5 Å². The maximum Gasteiger partial charge on any atom is 0.152 e. The molecule has 0 aliphatic carbocycles. The SMILES string of the molecule is C[C@@H]1CCCCC(=O)CN1c1ccccn1. The number of anilines is 1. The highest BCUT2D eigenvalue weighted by Crippen LogP contribution is 2.20. The Morgan fingerprint density at radius 1 is 1.38 bits per heavy atom. The molecular formula is C13H18N2O. The molecule has 16 heavy (non-hydrogen) atoms. The molecule has 3 heteroatoms. The number of aromatic nitrogens is 1. The number of hydrogen-bond acceptors (Lipinski definition) is 3. The highest BCUT2D eigenvalue weighted by atomic mass is 16.1. The van der Waals surface area contributed by atoms with E-state index in [2.05, 4.69) is 16.8 Å². The zero-order valence-electron chi connectivity index (χ0n) is 9.72. The van der Waals surface area contributed by atoms with Crippen LogP contribution in [-0.4, -0.2) is 23.4 Å². The average molecular weight is 218 g/mol. The number of ketones is 1. The second kappa shape index (κ2) is 5.10. The van der Waals surface area contributed by atoms with E-state index in [1.807, 2.05) is 18.2 Å². The normalized spacial score (nSPS) is 22.7. The molecule has 1 aliphatic heterocycles. The summed E-state index contributed by atoms with van der Waals surface area (Å²) in [7, 11) is 0. The second-order valence-corrected chi connectivity index (χ2v) is 4.45. The van der Waals surface area contributed by atoms with Gasteiger partial charge < -0.3 is 4.90 Å². The third kappa shape index (κ3) is 2.60. The molecule has 0 amide bonds. The smallest absolute Gasteiger partial charge is 0.152 e. The van der Waals surface area contributed by atoms with Gasteiger partial charge >= 0.3 is 0 Å². The first-order valence-electron chi connectivity index (χ1n) is 5.97. The zero-order valence-corrected chi connectivity index (χ0v) is 9.72. The Balaban J connectivity index is 2.18. The lowest BCUT2D eigenvalue weighted by molar-refractivity contribution is -0.118.